The third-order valence-corrected chi connectivity index (χ3v) is 5.55. The second-order valence-corrected chi connectivity index (χ2v) is 7.47. The Morgan fingerprint density at radius 2 is 1.77 bits per heavy atom. The molecule has 1 N–H and O–H groups in total. The molecule has 1 saturated heterocycles. The SMILES string of the molecule is c1cn2cc(-c3ccc4c(c3)OCO4)nc(Nc3ccc(N4CCOCC4)cc3)c2n1. The van der Waals surface area contributed by atoms with Gasteiger partial charge in [0.2, 0.25) is 6.79 Å². The van der Waals surface area contributed by atoms with Crippen molar-refractivity contribution in [3.8, 4) is 22.8 Å². The topological polar surface area (TPSA) is 73.2 Å². The number of rotatable bonds is 4. The molecule has 0 amide bonds. The predicted octanol–water partition coefficient (Wildman–Crippen LogP) is 3.71. The fourth-order valence-electron chi connectivity index (χ4n) is 3.92. The monoisotopic (exact) mass is 415 g/mol. The summed E-state index contributed by atoms with van der Waals surface area (Å²) in [5.41, 5.74) is 4.68. The van der Waals surface area contributed by atoms with E-state index in [0.717, 1.165) is 60.4 Å². The average Bonchev–Trinajstić information content (AvgIpc) is 3.49. The van der Waals surface area contributed by atoms with Gasteiger partial charge in [-0.05, 0) is 42.5 Å². The van der Waals surface area contributed by atoms with Gasteiger partial charge in [0.15, 0.2) is 23.0 Å². The highest BCUT2D eigenvalue weighted by atomic mass is 16.7. The van der Waals surface area contributed by atoms with E-state index in [9.17, 15) is 0 Å². The Morgan fingerprint density at radius 3 is 2.65 bits per heavy atom. The number of morpholine rings is 1. The van der Waals surface area contributed by atoms with Gasteiger partial charge >= 0.3 is 0 Å². The molecule has 8 heteroatoms. The van der Waals surface area contributed by atoms with Crippen molar-refractivity contribution in [3.63, 3.8) is 0 Å². The number of imidazole rings is 1. The van der Waals surface area contributed by atoms with Crippen LogP contribution in [0.25, 0.3) is 16.9 Å². The molecule has 156 valence electrons. The fourth-order valence-corrected chi connectivity index (χ4v) is 3.92. The zero-order valence-corrected chi connectivity index (χ0v) is 16.8. The van der Waals surface area contributed by atoms with Gasteiger partial charge in [-0.15, -0.1) is 0 Å². The Balaban J connectivity index is 1.32. The van der Waals surface area contributed by atoms with Gasteiger partial charge in [-0.3, -0.25) is 0 Å². The minimum Gasteiger partial charge on any atom is -0.454 e. The lowest BCUT2D eigenvalue weighted by atomic mass is 10.1. The fraction of sp³-hybridized carbons (Fsp3) is 0.217. The molecule has 31 heavy (non-hydrogen) atoms. The first-order chi connectivity index (χ1) is 15.3. The molecule has 2 aromatic carbocycles. The van der Waals surface area contributed by atoms with Gasteiger partial charge in [-0.1, -0.05) is 0 Å². The first-order valence-electron chi connectivity index (χ1n) is 10.3. The Labute approximate surface area is 179 Å². The van der Waals surface area contributed by atoms with Crippen molar-refractivity contribution < 1.29 is 14.2 Å². The highest BCUT2D eigenvalue weighted by molar-refractivity contribution is 5.75. The molecule has 4 heterocycles. The van der Waals surface area contributed by atoms with E-state index in [1.807, 2.05) is 35.0 Å². The first-order valence-corrected chi connectivity index (χ1v) is 10.3. The van der Waals surface area contributed by atoms with E-state index in [-0.39, 0.29) is 6.79 Å². The van der Waals surface area contributed by atoms with E-state index in [2.05, 4.69) is 39.5 Å². The molecule has 0 bridgehead atoms. The quantitative estimate of drug-likeness (QED) is 0.545. The van der Waals surface area contributed by atoms with Crippen molar-refractivity contribution in [2.75, 3.05) is 43.3 Å². The molecular formula is C23H21N5O3. The molecule has 0 spiro atoms. The van der Waals surface area contributed by atoms with Crippen LogP contribution in [0.15, 0.2) is 61.1 Å². The van der Waals surface area contributed by atoms with E-state index in [1.165, 1.54) is 5.69 Å². The van der Waals surface area contributed by atoms with Crippen LogP contribution in [-0.4, -0.2) is 47.5 Å². The van der Waals surface area contributed by atoms with Gasteiger partial charge < -0.3 is 28.8 Å². The molecule has 4 aromatic rings. The number of nitrogens with zero attached hydrogens (tertiary/aromatic N) is 4. The van der Waals surface area contributed by atoms with E-state index in [4.69, 9.17) is 19.2 Å². The summed E-state index contributed by atoms with van der Waals surface area (Å²) < 4.78 is 18.4. The number of hydrogen-bond donors (Lipinski definition) is 1. The third kappa shape index (κ3) is 3.40. The molecule has 2 aromatic heterocycles. The number of fused-ring (bicyclic) bond motifs is 2. The lowest BCUT2D eigenvalue weighted by Gasteiger charge is -2.28. The van der Waals surface area contributed by atoms with E-state index in [1.54, 1.807) is 6.20 Å². The molecule has 0 radical (unpaired) electrons. The number of hydrogen-bond acceptors (Lipinski definition) is 7. The zero-order valence-electron chi connectivity index (χ0n) is 16.8. The predicted molar refractivity (Wildman–Crippen MR) is 117 cm³/mol. The van der Waals surface area contributed by atoms with Crippen molar-refractivity contribution >= 4 is 22.8 Å². The maximum absolute atomic E-state index is 5.52. The second kappa shape index (κ2) is 7.48. The van der Waals surface area contributed by atoms with Gasteiger partial charge in [0.05, 0.1) is 18.9 Å². The van der Waals surface area contributed by atoms with Crippen LogP contribution in [0.4, 0.5) is 17.2 Å². The smallest absolute Gasteiger partial charge is 0.231 e. The largest absolute Gasteiger partial charge is 0.454 e. The summed E-state index contributed by atoms with van der Waals surface area (Å²) in [4.78, 5) is 11.7. The molecule has 0 unspecified atom stereocenters. The maximum atomic E-state index is 5.52. The van der Waals surface area contributed by atoms with Crippen LogP contribution >= 0.6 is 0 Å². The summed E-state index contributed by atoms with van der Waals surface area (Å²) in [5, 5.41) is 3.43. The summed E-state index contributed by atoms with van der Waals surface area (Å²) in [7, 11) is 0. The zero-order chi connectivity index (χ0) is 20.6. The van der Waals surface area contributed by atoms with Crippen molar-refractivity contribution in [2.24, 2.45) is 0 Å². The van der Waals surface area contributed by atoms with Crippen LogP contribution in [0.2, 0.25) is 0 Å². The highest BCUT2D eigenvalue weighted by Gasteiger charge is 2.16. The van der Waals surface area contributed by atoms with Crippen LogP contribution in [0.5, 0.6) is 11.5 Å². The number of nitrogens with one attached hydrogen (secondary N) is 1. The van der Waals surface area contributed by atoms with Crippen molar-refractivity contribution in [1.82, 2.24) is 14.4 Å². The van der Waals surface area contributed by atoms with Crippen molar-refractivity contribution in [2.45, 2.75) is 0 Å². The van der Waals surface area contributed by atoms with E-state index in [0.29, 0.717) is 5.82 Å². The van der Waals surface area contributed by atoms with Gasteiger partial charge in [0.25, 0.3) is 0 Å². The summed E-state index contributed by atoms with van der Waals surface area (Å²) in [6.07, 6.45) is 5.65. The van der Waals surface area contributed by atoms with E-state index < -0.39 is 0 Å². The maximum Gasteiger partial charge on any atom is 0.231 e. The van der Waals surface area contributed by atoms with E-state index >= 15 is 0 Å². The van der Waals surface area contributed by atoms with Gasteiger partial charge in [0, 0.05) is 48.6 Å². The summed E-state index contributed by atoms with van der Waals surface area (Å²) in [6, 6.07) is 14.2. The summed E-state index contributed by atoms with van der Waals surface area (Å²) in [6.45, 7) is 3.63. The Kier molecular flexibility index (Phi) is 4.35. The molecule has 0 saturated carbocycles. The summed E-state index contributed by atoms with van der Waals surface area (Å²) in [5.74, 6) is 2.18. The molecule has 2 aliphatic heterocycles. The highest BCUT2D eigenvalue weighted by Crippen LogP contribution is 2.36. The number of benzene rings is 2. The van der Waals surface area contributed by atoms with Crippen LogP contribution < -0.4 is 19.7 Å². The normalized spacial score (nSPS) is 15.4. The first kappa shape index (κ1) is 18.0. The minimum absolute atomic E-state index is 0.250. The van der Waals surface area contributed by atoms with Crippen LogP contribution in [0, 0.1) is 0 Å². The van der Waals surface area contributed by atoms with Gasteiger partial charge in [-0.2, -0.15) is 0 Å². The Bertz CT molecular complexity index is 1230. The molecule has 0 aliphatic carbocycles. The molecular weight excluding hydrogens is 394 g/mol. The standard InChI is InChI=1S/C23H21N5O3/c1-6-20-21(31-15-30-20)13-16(1)19-14-28-8-7-24-23(28)22(26-19)25-17-2-4-18(5-3-17)27-9-11-29-12-10-27/h1-8,13-14H,9-12,15H2,(H,25,26). The molecule has 6 rings (SSSR count). The average molecular weight is 415 g/mol. The second-order valence-electron chi connectivity index (χ2n) is 7.47. The lowest BCUT2D eigenvalue weighted by Crippen LogP contribution is -2.36. The number of ether oxygens (including phenoxy) is 3. The van der Waals surface area contributed by atoms with Gasteiger partial charge in [-0.25, -0.2) is 9.97 Å². The molecule has 2 aliphatic rings. The van der Waals surface area contributed by atoms with Gasteiger partial charge in [0.1, 0.15) is 0 Å². The number of aromatic nitrogens is 3. The van der Waals surface area contributed by atoms with Crippen LogP contribution in [-0.2, 0) is 4.74 Å². The Hall–Kier alpha value is -3.78. The lowest BCUT2D eigenvalue weighted by molar-refractivity contribution is 0.122. The molecule has 8 nitrogen and oxygen atoms in total. The molecule has 0 atom stereocenters. The van der Waals surface area contributed by atoms with Crippen molar-refractivity contribution in [1.29, 1.82) is 0 Å². The van der Waals surface area contributed by atoms with Crippen LogP contribution in [0.1, 0.15) is 0 Å². The summed E-state index contributed by atoms with van der Waals surface area (Å²) >= 11 is 0. The van der Waals surface area contributed by atoms with Crippen molar-refractivity contribution in [3.05, 3.63) is 61.1 Å². The minimum atomic E-state index is 0.250. The van der Waals surface area contributed by atoms with Crippen LogP contribution in [0.3, 0.4) is 0 Å². The third-order valence-electron chi connectivity index (χ3n) is 5.55. The Morgan fingerprint density at radius 1 is 0.935 bits per heavy atom. The number of anilines is 3. The molecule has 1 fully saturated rings.